The van der Waals surface area contributed by atoms with Crippen LogP contribution < -0.4 is 5.32 Å². The second-order valence-electron chi connectivity index (χ2n) is 6.61. The fourth-order valence-corrected chi connectivity index (χ4v) is 4.19. The Hall–Kier alpha value is -2.41. The van der Waals surface area contributed by atoms with E-state index in [9.17, 15) is 9.18 Å². The quantitative estimate of drug-likeness (QED) is 0.610. The number of imidazole rings is 1. The summed E-state index contributed by atoms with van der Waals surface area (Å²) in [6.45, 7) is 3.56. The lowest BCUT2D eigenvalue weighted by Crippen LogP contribution is -2.35. The molecule has 1 unspecified atom stereocenters. The number of rotatable bonds is 3. The Morgan fingerprint density at radius 3 is 2.93 bits per heavy atom. The number of nitrogens with zero attached hydrogens (tertiary/aromatic N) is 3. The molecule has 0 aliphatic carbocycles. The highest BCUT2D eigenvalue weighted by Gasteiger charge is 2.33. The minimum absolute atomic E-state index is 0.0726. The maximum absolute atomic E-state index is 13.3. The summed E-state index contributed by atoms with van der Waals surface area (Å²) in [6, 6.07) is 12.0. The first-order valence-corrected chi connectivity index (χ1v) is 9.85. The molecule has 0 bridgehead atoms. The fraction of sp³-hybridized carbons (Fsp3) is 0.300. The van der Waals surface area contributed by atoms with Crippen molar-refractivity contribution in [3.63, 3.8) is 0 Å². The number of amides is 2. The van der Waals surface area contributed by atoms with E-state index < -0.39 is 0 Å². The van der Waals surface area contributed by atoms with Gasteiger partial charge < -0.3 is 14.8 Å². The van der Waals surface area contributed by atoms with Gasteiger partial charge in [-0.15, -0.1) is 0 Å². The van der Waals surface area contributed by atoms with Gasteiger partial charge >= 0.3 is 6.03 Å². The first-order valence-electron chi connectivity index (χ1n) is 9.06. The van der Waals surface area contributed by atoms with Gasteiger partial charge in [0.1, 0.15) is 11.6 Å². The number of halogens is 2. The van der Waals surface area contributed by atoms with E-state index in [1.54, 1.807) is 6.07 Å². The van der Waals surface area contributed by atoms with Gasteiger partial charge in [-0.05, 0) is 66.0 Å². The van der Waals surface area contributed by atoms with Crippen molar-refractivity contribution >= 4 is 38.7 Å². The van der Waals surface area contributed by atoms with Gasteiger partial charge in [0, 0.05) is 17.6 Å². The molecule has 1 N–H and O–H groups in total. The Kier molecular flexibility index (Phi) is 4.86. The molecule has 1 atom stereocenters. The van der Waals surface area contributed by atoms with Gasteiger partial charge in [-0.2, -0.15) is 0 Å². The van der Waals surface area contributed by atoms with Gasteiger partial charge in [0.05, 0.1) is 22.8 Å². The standard InChI is InChI=1S/C20H20BrFN4O/c1-2-25-17-7-4-3-6-16(17)23-19(25)18-8-5-11-26(18)20(27)24-15-10-9-13(22)12-14(15)21/h3-4,6-7,9-10,12,18H,2,5,8,11H2,1H3,(H,24,27). The van der Waals surface area contributed by atoms with E-state index in [2.05, 4.69) is 38.8 Å². The highest BCUT2D eigenvalue weighted by molar-refractivity contribution is 9.10. The molecule has 1 aliphatic rings. The Labute approximate surface area is 165 Å². The summed E-state index contributed by atoms with van der Waals surface area (Å²) in [5.74, 6) is 0.570. The average Bonchev–Trinajstić information content (AvgIpc) is 3.27. The number of nitrogens with one attached hydrogen (secondary N) is 1. The molecule has 2 aromatic carbocycles. The van der Waals surface area contributed by atoms with Crippen molar-refractivity contribution in [3.8, 4) is 0 Å². The van der Waals surface area contributed by atoms with Crippen molar-refractivity contribution in [3.05, 3.63) is 58.6 Å². The second kappa shape index (κ2) is 7.31. The topological polar surface area (TPSA) is 50.2 Å². The lowest BCUT2D eigenvalue weighted by atomic mass is 10.2. The third kappa shape index (κ3) is 3.32. The maximum Gasteiger partial charge on any atom is 0.322 e. The molecule has 1 saturated heterocycles. The van der Waals surface area contributed by atoms with E-state index in [0.29, 0.717) is 16.7 Å². The third-order valence-electron chi connectivity index (χ3n) is 4.98. The SMILES string of the molecule is CCn1c(C2CCCN2C(=O)Nc2ccc(F)cc2Br)nc2ccccc21. The van der Waals surface area contributed by atoms with Crippen LogP contribution in [-0.4, -0.2) is 27.0 Å². The number of urea groups is 1. The molecule has 0 spiro atoms. The first kappa shape index (κ1) is 18.0. The van der Waals surface area contributed by atoms with Crippen LogP contribution >= 0.6 is 15.9 Å². The van der Waals surface area contributed by atoms with Crippen LogP contribution in [0.5, 0.6) is 0 Å². The average molecular weight is 431 g/mol. The monoisotopic (exact) mass is 430 g/mol. The van der Waals surface area contributed by atoms with Crippen LogP contribution in [0.25, 0.3) is 11.0 Å². The van der Waals surface area contributed by atoms with Crippen LogP contribution in [-0.2, 0) is 6.54 Å². The van der Waals surface area contributed by atoms with E-state index in [1.807, 2.05) is 23.1 Å². The molecule has 1 fully saturated rings. The van der Waals surface area contributed by atoms with Crippen LogP contribution in [0.2, 0.25) is 0 Å². The van der Waals surface area contributed by atoms with E-state index in [-0.39, 0.29) is 17.9 Å². The normalized spacial score (nSPS) is 16.9. The molecule has 4 rings (SSSR count). The lowest BCUT2D eigenvalue weighted by Gasteiger charge is -2.25. The fourth-order valence-electron chi connectivity index (χ4n) is 3.74. The summed E-state index contributed by atoms with van der Waals surface area (Å²) in [4.78, 5) is 19.6. The summed E-state index contributed by atoms with van der Waals surface area (Å²) in [6.07, 6.45) is 1.80. The van der Waals surface area contributed by atoms with Crippen LogP contribution in [0.1, 0.15) is 31.6 Å². The van der Waals surface area contributed by atoms with Gasteiger partial charge in [0.2, 0.25) is 0 Å². The minimum Gasteiger partial charge on any atom is -0.327 e. The van der Waals surface area contributed by atoms with E-state index in [0.717, 1.165) is 36.2 Å². The number of carbonyl (C=O) groups is 1. The predicted molar refractivity (Wildman–Crippen MR) is 107 cm³/mol. The number of fused-ring (bicyclic) bond motifs is 1. The third-order valence-corrected chi connectivity index (χ3v) is 5.64. The van der Waals surface area contributed by atoms with Crippen LogP contribution in [0, 0.1) is 5.82 Å². The summed E-state index contributed by atoms with van der Waals surface area (Å²) in [7, 11) is 0. The number of anilines is 1. The summed E-state index contributed by atoms with van der Waals surface area (Å²) >= 11 is 3.30. The van der Waals surface area contributed by atoms with Crippen LogP contribution in [0.15, 0.2) is 46.9 Å². The predicted octanol–water partition coefficient (Wildman–Crippen LogP) is 5.33. The van der Waals surface area contributed by atoms with Crippen molar-refractivity contribution in [1.29, 1.82) is 0 Å². The van der Waals surface area contributed by atoms with Crippen LogP contribution in [0.3, 0.4) is 0 Å². The second-order valence-corrected chi connectivity index (χ2v) is 7.46. The highest BCUT2D eigenvalue weighted by atomic mass is 79.9. The highest BCUT2D eigenvalue weighted by Crippen LogP contribution is 2.34. The Balaban J connectivity index is 1.63. The zero-order valence-electron chi connectivity index (χ0n) is 15.0. The number of hydrogen-bond donors (Lipinski definition) is 1. The van der Waals surface area contributed by atoms with Crippen molar-refractivity contribution in [1.82, 2.24) is 14.5 Å². The molecule has 1 aliphatic heterocycles. The minimum atomic E-state index is -0.351. The molecule has 5 nitrogen and oxygen atoms in total. The zero-order chi connectivity index (χ0) is 19.0. The molecule has 2 heterocycles. The zero-order valence-corrected chi connectivity index (χ0v) is 16.5. The molecular formula is C20H20BrFN4O. The van der Waals surface area contributed by atoms with E-state index in [1.165, 1.54) is 12.1 Å². The molecule has 3 aromatic rings. The lowest BCUT2D eigenvalue weighted by molar-refractivity contribution is 0.204. The largest absolute Gasteiger partial charge is 0.327 e. The molecule has 2 amide bonds. The van der Waals surface area contributed by atoms with E-state index in [4.69, 9.17) is 4.98 Å². The summed E-state index contributed by atoms with van der Waals surface area (Å²) < 4.78 is 16.0. The van der Waals surface area contributed by atoms with Crippen molar-refractivity contribution in [2.24, 2.45) is 0 Å². The van der Waals surface area contributed by atoms with Crippen molar-refractivity contribution in [2.45, 2.75) is 32.4 Å². The molecular weight excluding hydrogens is 411 g/mol. The first-order chi connectivity index (χ1) is 13.1. The van der Waals surface area contributed by atoms with Crippen molar-refractivity contribution < 1.29 is 9.18 Å². The molecule has 0 saturated carbocycles. The van der Waals surface area contributed by atoms with Gasteiger partial charge in [0.25, 0.3) is 0 Å². The number of likely N-dealkylation sites (tertiary alicyclic amines) is 1. The molecule has 7 heteroatoms. The van der Waals surface area contributed by atoms with Gasteiger partial charge in [-0.1, -0.05) is 12.1 Å². The smallest absolute Gasteiger partial charge is 0.322 e. The van der Waals surface area contributed by atoms with Gasteiger partial charge in [-0.3, -0.25) is 0 Å². The Bertz CT molecular complexity index is 1000. The maximum atomic E-state index is 13.3. The molecule has 0 radical (unpaired) electrons. The number of para-hydroxylation sites is 2. The molecule has 140 valence electrons. The van der Waals surface area contributed by atoms with Gasteiger partial charge in [-0.25, -0.2) is 14.2 Å². The number of benzene rings is 2. The number of aryl methyl sites for hydroxylation is 1. The number of hydrogen-bond acceptors (Lipinski definition) is 2. The summed E-state index contributed by atoms with van der Waals surface area (Å²) in [5, 5.41) is 2.89. The Morgan fingerprint density at radius 1 is 1.33 bits per heavy atom. The van der Waals surface area contributed by atoms with Gasteiger partial charge in [0.15, 0.2) is 0 Å². The number of carbonyl (C=O) groups excluding carboxylic acids is 1. The Morgan fingerprint density at radius 2 is 2.15 bits per heavy atom. The van der Waals surface area contributed by atoms with E-state index >= 15 is 0 Å². The number of aromatic nitrogens is 2. The molecule has 1 aromatic heterocycles. The molecule has 27 heavy (non-hydrogen) atoms. The van der Waals surface area contributed by atoms with Crippen LogP contribution in [0.4, 0.5) is 14.9 Å². The summed E-state index contributed by atoms with van der Waals surface area (Å²) in [5.41, 5.74) is 2.59. The van der Waals surface area contributed by atoms with Crippen molar-refractivity contribution in [2.75, 3.05) is 11.9 Å².